The van der Waals surface area contributed by atoms with Crippen LogP contribution in [0.2, 0.25) is 0 Å². The number of pyridine rings is 1. The number of hydrogen-bond donors (Lipinski definition) is 1. The zero-order chi connectivity index (χ0) is 26.2. The van der Waals surface area contributed by atoms with Gasteiger partial charge in [0.2, 0.25) is 11.8 Å². The Balaban J connectivity index is 1.24. The van der Waals surface area contributed by atoms with E-state index in [4.69, 9.17) is 0 Å². The molecule has 2 saturated heterocycles. The third-order valence-corrected chi connectivity index (χ3v) is 8.80. The number of piperidine rings is 1. The van der Waals surface area contributed by atoms with Crippen molar-refractivity contribution in [2.45, 2.75) is 115 Å². The van der Waals surface area contributed by atoms with Crippen LogP contribution in [0.15, 0.2) is 24.5 Å². The Bertz CT molecular complexity index is 1050. The average Bonchev–Trinajstić information content (AvgIpc) is 3.37. The molecule has 3 atom stereocenters. The number of fused-ring (bicyclic) bond motifs is 2. The van der Waals surface area contributed by atoms with Crippen LogP contribution in [0.4, 0.5) is 8.78 Å². The number of aromatic nitrogens is 4. The number of hydrogen-bond acceptors (Lipinski definition) is 5. The summed E-state index contributed by atoms with van der Waals surface area (Å²) >= 11 is 0. The Kier molecular flexibility index (Phi) is 7.61. The summed E-state index contributed by atoms with van der Waals surface area (Å²) in [6.07, 6.45) is 8.98. The molecule has 0 aromatic carbocycles. The summed E-state index contributed by atoms with van der Waals surface area (Å²) in [5, 5.41) is 12.0. The fourth-order valence-corrected chi connectivity index (χ4v) is 6.83. The smallest absolute Gasteiger partial charge is 0.248 e. The van der Waals surface area contributed by atoms with E-state index in [0.717, 1.165) is 43.0 Å². The number of amides is 1. The number of carbonyl (C=O) groups is 1. The second-order valence-corrected chi connectivity index (χ2v) is 11.6. The lowest BCUT2D eigenvalue weighted by Crippen LogP contribution is -2.45. The lowest BCUT2D eigenvalue weighted by Gasteiger charge is -2.40. The van der Waals surface area contributed by atoms with Crippen molar-refractivity contribution >= 4 is 5.91 Å². The fraction of sp³-hybridized carbons (Fsp3) is 0.714. The van der Waals surface area contributed by atoms with Gasteiger partial charge in [-0.05, 0) is 63.5 Å². The Morgan fingerprint density at radius 1 is 1.11 bits per heavy atom. The summed E-state index contributed by atoms with van der Waals surface area (Å²) in [6, 6.07) is 5.16. The van der Waals surface area contributed by atoms with E-state index in [1.807, 2.05) is 18.3 Å². The van der Waals surface area contributed by atoms with Gasteiger partial charge in [-0.1, -0.05) is 19.9 Å². The highest BCUT2D eigenvalue weighted by atomic mass is 19.3. The maximum absolute atomic E-state index is 13.6. The first-order valence-corrected chi connectivity index (χ1v) is 14.0. The van der Waals surface area contributed by atoms with E-state index in [9.17, 15) is 13.6 Å². The van der Waals surface area contributed by atoms with Crippen molar-refractivity contribution in [2.75, 3.05) is 6.54 Å². The van der Waals surface area contributed by atoms with Gasteiger partial charge >= 0.3 is 0 Å². The van der Waals surface area contributed by atoms with Crippen molar-refractivity contribution in [2.24, 2.45) is 5.92 Å². The van der Waals surface area contributed by atoms with Crippen LogP contribution in [0.1, 0.15) is 107 Å². The first-order chi connectivity index (χ1) is 17.7. The molecule has 1 aliphatic carbocycles. The second-order valence-electron chi connectivity index (χ2n) is 11.6. The fourth-order valence-electron chi connectivity index (χ4n) is 6.83. The maximum atomic E-state index is 13.6. The molecule has 2 unspecified atom stereocenters. The highest BCUT2D eigenvalue weighted by molar-refractivity contribution is 5.79. The van der Waals surface area contributed by atoms with E-state index in [0.29, 0.717) is 24.0 Å². The molecule has 0 spiro atoms. The molecule has 2 bridgehead atoms. The minimum atomic E-state index is -2.63. The van der Waals surface area contributed by atoms with E-state index < -0.39 is 5.92 Å². The molecule has 37 heavy (non-hydrogen) atoms. The molecule has 1 saturated carbocycles. The molecular formula is C28H40F2N6O. The zero-order valence-electron chi connectivity index (χ0n) is 22.2. The number of nitrogens with one attached hydrogen (secondary N) is 1. The average molecular weight is 515 g/mol. The number of carbonyl (C=O) groups excluding carboxylic acids is 1. The summed E-state index contributed by atoms with van der Waals surface area (Å²) in [5.74, 6) is -0.650. The summed E-state index contributed by atoms with van der Waals surface area (Å²) in [4.78, 5) is 20.0. The third-order valence-electron chi connectivity index (χ3n) is 8.80. The number of rotatable bonds is 8. The highest BCUT2D eigenvalue weighted by Crippen LogP contribution is 2.42. The molecule has 202 valence electrons. The monoisotopic (exact) mass is 514 g/mol. The zero-order valence-corrected chi connectivity index (χ0v) is 22.2. The lowest BCUT2D eigenvalue weighted by molar-refractivity contribution is -0.130. The topological polar surface area (TPSA) is 75.9 Å². The van der Waals surface area contributed by atoms with Gasteiger partial charge < -0.3 is 9.88 Å². The van der Waals surface area contributed by atoms with Crippen molar-refractivity contribution in [3.8, 4) is 0 Å². The molecule has 2 aliphatic heterocycles. The molecule has 3 aliphatic rings. The van der Waals surface area contributed by atoms with E-state index in [1.54, 1.807) is 6.20 Å². The molecule has 7 nitrogen and oxygen atoms in total. The predicted octanol–water partition coefficient (Wildman–Crippen LogP) is 5.35. The van der Waals surface area contributed by atoms with Crippen LogP contribution in [0.3, 0.4) is 0 Å². The number of nitrogens with zero attached hydrogens (tertiary/aromatic N) is 5. The van der Waals surface area contributed by atoms with Gasteiger partial charge in [0.05, 0.1) is 6.04 Å². The molecule has 9 heteroatoms. The Morgan fingerprint density at radius 2 is 1.81 bits per heavy atom. The summed E-state index contributed by atoms with van der Waals surface area (Å²) in [6.45, 7) is 7.30. The lowest BCUT2D eigenvalue weighted by atomic mass is 9.86. The van der Waals surface area contributed by atoms with Crippen molar-refractivity contribution in [1.29, 1.82) is 0 Å². The van der Waals surface area contributed by atoms with E-state index >= 15 is 0 Å². The SMILES string of the molecule is Cc1nnc(C(C)C)n1C1CC2CCC(C1)N2CC[C@H](NC(=O)C1CCC(F)(F)CC1)c1cccnc1. The third kappa shape index (κ3) is 5.71. The summed E-state index contributed by atoms with van der Waals surface area (Å²) in [7, 11) is 0. The molecule has 0 radical (unpaired) electrons. The van der Waals surface area contributed by atoms with E-state index in [1.165, 1.54) is 12.8 Å². The standard InChI is InChI=1S/C28H40F2N6O/c1-18(2)26-34-33-19(3)36(26)24-15-22-6-7-23(16-24)35(22)14-10-25(21-5-4-13-31-17-21)32-27(37)20-8-11-28(29,30)12-9-20/h4-5,13,17-18,20,22-25H,6-12,14-16H2,1-3H3,(H,32,37)/t22?,23?,24?,25-/m0/s1. The first kappa shape index (κ1) is 26.2. The number of alkyl halides is 2. The van der Waals surface area contributed by atoms with Crippen molar-refractivity contribution in [3.05, 3.63) is 41.7 Å². The molecule has 1 N–H and O–H groups in total. The van der Waals surface area contributed by atoms with Crippen molar-refractivity contribution in [3.63, 3.8) is 0 Å². The first-order valence-electron chi connectivity index (χ1n) is 14.0. The van der Waals surface area contributed by atoms with Crippen LogP contribution in [0, 0.1) is 12.8 Å². The van der Waals surface area contributed by atoms with Gasteiger partial charge in [-0.15, -0.1) is 10.2 Å². The normalized spacial score (nSPS) is 26.9. The van der Waals surface area contributed by atoms with Gasteiger partial charge in [0.25, 0.3) is 0 Å². The van der Waals surface area contributed by atoms with Crippen LogP contribution in [0.25, 0.3) is 0 Å². The molecule has 5 rings (SSSR count). The van der Waals surface area contributed by atoms with Gasteiger partial charge in [0, 0.05) is 61.7 Å². The Hall–Kier alpha value is -2.42. The van der Waals surface area contributed by atoms with E-state index in [2.05, 4.69) is 50.7 Å². The molecule has 2 aromatic heterocycles. The van der Waals surface area contributed by atoms with Crippen molar-refractivity contribution in [1.82, 2.24) is 30.0 Å². The Labute approximate surface area is 218 Å². The predicted molar refractivity (Wildman–Crippen MR) is 137 cm³/mol. The van der Waals surface area contributed by atoms with Crippen LogP contribution in [-0.4, -0.2) is 55.1 Å². The van der Waals surface area contributed by atoms with Crippen LogP contribution < -0.4 is 5.32 Å². The molecule has 2 aromatic rings. The van der Waals surface area contributed by atoms with Crippen LogP contribution in [0.5, 0.6) is 0 Å². The molecule has 3 fully saturated rings. The number of aryl methyl sites for hydroxylation is 1. The minimum Gasteiger partial charge on any atom is -0.349 e. The second kappa shape index (κ2) is 10.8. The van der Waals surface area contributed by atoms with E-state index in [-0.39, 0.29) is 43.6 Å². The van der Waals surface area contributed by atoms with Crippen LogP contribution in [-0.2, 0) is 4.79 Å². The van der Waals surface area contributed by atoms with Crippen molar-refractivity contribution < 1.29 is 13.6 Å². The largest absolute Gasteiger partial charge is 0.349 e. The van der Waals surface area contributed by atoms with Gasteiger partial charge in [0.15, 0.2) is 0 Å². The van der Waals surface area contributed by atoms with Gasteiger partial charge in [0.1, 0.15) is 11.6 Å². The molecule has 1 amide bonds. The maximum Gasteiger partial charge on any atom is 0.248 e. The van der Waals surface area contributed by atoms with Gasteiger partial charge in [-0.2, -0.15) is 0 Å². The minimum absolute atomic E-state index is 0.102. The quantitative estimate of drug-likeness (QED) is 0.514. The highest BCUT2D eigenvalue weighted by Gasteiger charge is 2.42. The van der Waals surface area contributed by atoms with Crippen LogP contribution >= 0.6 is 0 Å². The molecular weight excluding hydrogens is 474 g/mol. The Morgan fingerprint density at radius 3 is 2.43 bits per heavy atom. The summed E-state index contributed by atoms with van der Waals surface area (Å²) in [5.41, 5.74) is 0.973. The van der Waals surface area contributed by atoms with Gasteiger partial charge in [-0.3, -0.25) is 14.7 Å². The molecule has 4 heterocycles. The number of halogens is 2. The van der Waals surface area contributed by atoms with Gasteiger partial charge in [-0.25, -0.2) is 8.78 Å². The summed E-state index contributed by atoms with van der Waals surface area (Å²) < 4.78 is 29.6.